The highest BCUT2D eigenvalue weighted by Gasteiger charge is 2.17. The van der Waals surface area contributed by atoms with Crippen molar-refractivity contribution in [2.75, 3.05) is 4.90 Å². The van der Waals surface area contributed by atoms with Crippen LogP contribution in [0.1, 0.15) is 40.3 Å². The van der Waals surface area contributed by atoms with E-state index < -0.39 is 5.97 Å². The molecule has 78 heavy (non-hydrogen) atoms. The summed E-state index contributed by atoms with van der Waals surface area (Å²) >= 11 is 6.67. The molecule has 0 saturated carbocycles. The summed E-state index contributed by atoms with van der Waals surface area (Å²) in [7, 11) is 0. The monoisotopic (exact) mass is 1020 g/mol. The van der Waals surface area contributed by atoms with Gasteiger partial charge in [0.15, 0.2) is 5.75 Å². The van der Waals surface area contributed by atoms with E-state index in [1.54, 1.807) is 18.3 Å². The van der Waals surface area contributed by atoms with Crippen molar-refractivity contribution in [2.24, 2.45) is 0 Å². The number of para-hydroxylation sites is 4. The summed E-state index contributed by atoms with van der Waals surface area (Å²) in [5.41, 5.74) is 15.0. The fourth-order valence-corrected chi connectivity index (χ4v) is 10.5. The molecule has 0 bridgehead atoms. The lowest BCUT2D eigenvalue weighted by atomic mass is 10.1. The Bertz CT molecular complexity index is 4350. The molecular formula is C71H43ClN4O2. The highest BCUT2D eigenvalue weighted by atomic mass is 35.5. The second-order valence-corrected chi connectivity index (χ2v) is 19.2. The molecule has 13 aromatic rings. The molecule has 7 heteroatoms. The Kier molecular flexibility index (Phi) is 12.3. The normalized spacial score (nSPS) is 10.9. The van der Waals surface area contributed by atoms with Gasteiger partial charge < -0.3 is 18.8 Å². The van der Waals surface area contributed by atoms with E-state index in [0.29, 0.717) is 21.5 Å². The topological polar surface area (TPSA) is 52.3 Å². The molecule has 0 aliphatic rings. The van der Waals surface area contributed by atoms with Crippen LogP contribution in [0, 0.1) is 35.5 Å². The van der Waals surface area contributed by atoms with Crippen molar-refractivity contribution in [3.63, 3.8) is 0 Å². The Morgan fingerprint density at radius 3 is 1.13 bits per heavy atom. The van der Waals surface area contributed by atoms with Crippen LogP contribution in [0.15, 0.2) is 243 Å². The van der Waals surface area contributed by atoms with Gasteiger partial charge in [0.1, 0.15) is 5.52 Å². The molecule has 0 saturated heterocycles. The number of halogens is 1. The number of hydrogen-bond acceptors (Lipinski definition) is 4. The maximum atomic E-state index is 12.2. The lowest BCUT2D eigenvalue weighted by Gasteiger charge is -2.25. The minimum atomic E-state index is -0.472. The smallest absolute Gasteiger partial charge is 0.308 e. The van der Waals surface area contributed by atoms with Crippen LogP contribution in [0.5, 0.6) is 5.75 Å². The van der Waals surface area contributed by atoms with Crippen LogP contribution in [0.4, 0.5) is 17.1 Å². The fraction of sp³-hybridized carbons (Fsp3) is 0.0141. The van der Waals surface area contributed by atoms with Gasteiger partial charge in [-0.15, -0.1) is 0 Å². The van der Waals surface area contributed by atoms with E-state index in [2.05, 4.69) is 249 Å². The second kappa shape index (κ2) is 20.3. The summed E-state index contributed by atoms with van der Waals surface area (Å²) < 4.78 is 10.3. The zero-order chi connectivity index (χ0) is 52.5. The Labute approximate surface area is 456 Å². The fourth-order valence-electron chi connectivity index (χ4n) is 10.3. The van der Waals surface area contributed by atoms with Gasteiger partial charge in [0.25, 0.3) is 0 Å². The minimum Gasteiger partial charge on any atom is -0.423 e. The van der Waals surface area contributed by atoms with Crippen LogP contribution in [-0.2, 0) is 4.79 Å². The van der Waals surface area contributed by atoms with Crippen LogP contribution in [0.25, 0.3) is 65.9 Å². The van der Waals surface area contributed by atoms with Gasteiger partial charge in [-0.25, -0.2) is 0 Å². The summed E-state index contributed by atoms with van der Waals surface area (Å²) in [5, 5.41) is 6.07. The van der Waals surface area contributed by atoms with Gasteiger partial charge in [0, 0.05) is 96.3 Å². The predicted molar refractivity (Wildman–Crippen MR) is 319 cm³/mol. The molecule has 13 rings (SSSR count). The van der Waals surface area contributed by atoms with Gasteiger partial charge in [-0.1, -0.05) is 120 Å². The van der Waals surface area contributed by atoms with E-state index in [1.807, 2.05) is 30.3 Å². The average molecular weight is 1020 g/mol. The predicted octanol–water partition coefficient (Wildman–Crippen LogP) is 16.7. The van der Waals surface area contributed by atoms with Crippen molar-refractivity contribution in [1.29, 1.82) is 0 Å². The number of carbonyl (C=O) groups excluding carboxylic acids is 1. The third-order valence-electron chi connectivity index (χ3n) is 13.9. The van der Waals surface area contributed by atoms with Crippen molar-refractivity contribution < 1.29 is 9.53 Å². The summed E-state index contributed by atoms with van der Waals surface area (Å²) in [5.74, 6) is 19.8. The highest BCUT2D eigenvalue weighted by molar-refractivity contribution is 6.35. The van der Waals surface area contributed by atoms with Crippen LogP contribution < -0.4 is 9.64 Å². The van der Waals surface area contributed by atoms with E-state index >= 15 is 0 Å². The number of carbonyl (C=O) groups is 1. The van der Waals surface area contributed by atoms with Crippen molar-refractivity contribution in [1.82, 2.24) is 14.1 Å². The number of benzene rings is 10. The van der Waals surface area contributed by atoms with Crippen LogP contribution in [-0.4, -0.2) is 20.1 Å². The number of ether oxygens (including phenoxy) is 1. The number of hydrogen-bond donors (Lipinski definition) is 0. The molecule has 366 valence electrons. The first-order valence-electron chi connectivity index (χ1n) is 25.5. The maximum absolute atomic E-state index is 12.2. The molecule has 0 spiro atoms. The lowest BCUT2D eigenvalue weighted by Crippen LogP contribution is -2.10. The summed E-state index contributed by atoms with van der Waals surface area (Å²) in [6.45, 7) is 1.36. The van der Waals surface area contributed by atoms with Crippen molar-refractivity contribution in [2.45, 2.75) is 6.92 Å². The largest absolute Gasteiger partial charge is 0.423 e. The third-order valence-corrected chi connectivity index (χ3v) is 14.2. The molecule has 3 aromatic heterocycles. The number of pyridine rings is 1. The number of esters is 1. The molecule has 0 aliphatic carbocycles. The molecular weight excluding hydrogens is 976 g/mol. The Morgan fingerprint density at radius 2 is 0.756 bits per heavy atom. The lowest BCUT2D eigenvalue weighted by molar-refractivity contribution is -0.131. The van der Waals surface area contributed by atoms with Gasteiger partial charge in [-0.05, 0) is 164 Å². The van der Waals surface area contributed by atoms with Crippen LogP contribution >= 0.6 is 11.6 Å². The molecule has 0 N–H and O–H groups in total. The van der Waals surface area contributed by atoms with E-state index in [9.17, 15) is 4.79 Å². The first-order chi connectivity index (χ1) is 38.4. The second-order valence-electron chi connectivity index (χ2n) is 18.8. The molecule has 6 nitrogen and oxygen atoms in total. The summed E-state index contributed by atoms with van der Waals surface area (Å²) in [6, 6.07) is 81.0. The van der Waals surface area contributed by atoms with E-state index in [1.165, 1.54) is 50.5 Å². The first-order valence-corrected chi connectivity index (χ1v) is 25.9. The van der Waals surface area contributed by atoms with Gasteiger partial charge >= 0.3 is 5.97 Å². The zero-order valence-electron chi connectivity index (χ0n) is 42.1. The van der Waals surface area contributed by atoms with E-state index in [4.69, 9.17) is 16.3 Å². The third kappa shape index (κ3) is 9.04. The Hall–Kier alpha value is -10.6. The molecule has 0 aliphatic heterocycles. The molecule has 0 amide bonds. The summed E-state index contributed by atoms with van der Waals surface area (Å²) in [6.07, 6.45) is 1.64. The van der Waals surface area contributed by atoms with E-state index in [-0.39, 0.29) is 5.75 Å². The molecule has 0 radical (unpaired) electrons. The standard InChI is InChI=1S/C71H43ClN4O2/c1-48(77)78-71-54(47-65(72)64-15-10-46-73-70(64)71)35-24-53-29-40-57(41-30-53)74(55-36-25-49(26-37-55)20-22-51-31-42-58(43-32-51)75-66-16-6-2-11-60(66)61-12-3-7-17-67(61)75)56-38-27-50(28-39-56)21-23-52-33-44-59(45-34-52)76-68-18-8-4-13-62(68)63-14-5-9-19-69(63)76/h2-19,25-34,36-47H,1H3. The molecule has 0 unspecified atom stereocenters. The molecule has 0 fully saturated rings. The Morgan fingerprint density at radius 1 is 0.423 bits per heavy atom. The van der Waals surface area contributed by atoms with Crippen LogP contribution in [0.3, 0.4) is 0 Å². The molecule has 10 aromatic carbocycles. The quantitative estimate of drug-likeness (QED) is 0.0946. The summed E-state index contributed by atoms with van der Waals surface area (Å²) in [4.78, 5) is 18.8. The maximum Gasteiger partial charge on any atom is 0.308 e. The number of fused-ring (bicyclic) bond motifs is 7. The van der Waals surface area contributed by atoms with Crippen molar-refractivity contribution >= 4 is 89.1 Å². The number of rotatable bonds is 6. The van der Waals surface area contributed by atoms with Gasteiger partial charge in [0.05, 0.1) is 32.7 Å². The highest BCUT2D eigenvalue weighted by Crippen LogP contribution is 2.38. The SMILES string of the molecule is CC(=O)Oc1c(C#Cc2ccc(N(c3ccc(C#Cc4ccc(-n5c6ccccc6c6ccccc65)cc4)cc3)c3ccc(C#Cc4ccc(-n5c6ccccc6c6ccccc65)cc4)cc3)cc2)cc(Cl)c2cccnc12. The number of anilines is 3. The van der Waals surface area contributed by atoms with Gasteiger partial charge in [-0.2, -0.15) is 0 Å². The minimum absolute atomic E-state index is 0.279. The average Bonchev–Trinajstić information content (AvgIpc) is 4.09. The Balaban J connectivity index is 0.791. The molecule has 0 atom stereocenters. The van der Waals surface area contributed by atoms with Crippen LogP contribution in [0.2, 0.25) is 5.02 Å². The molecule has 3 heterocycles. The van der Waals surface area contributed by atoms with Crippen molar-refractivity contribution in [3.05, 3.63) is 281 Å². The van der Waals surface area contributed by atoms with E-state index in [0.717, 1.165) is 56.3 Å². The van der Waals surface area contributed by atoms with Gasteiger partial charge in [0.2, 0.25) is 0 Å². The van der Waals surface area contributed by atoms with Crippen molar-refractivity contribution in [3.8, 4) is 52.6 Å². The number of nitrogens with zero attached hydrogens (tertiary/aromatic N) is 4. The first kappa shape index (κ1) is 47.2. The number of aromatic nitrogens is 3. The van der Waals surface area contributed by atoms with Gasteiger partial charge in [-0.3, -0.25) is 9.78 Å². The zero-order valence-corrected chi connectivity index (χ0v) is 42.8.